The molecule has 1 aliphatic heterocycles. The van der Waals surface area contributed by atoms with E-state index < -0.39 is 0 Å². The molecule has 2 heterocycles. The van der Waals surface area contributed by atoms with Crippen molar-refractivity contribution in [2.24, 2.45) is 0 Å². The van der Waals surface area contributed by atoms with Crippen LogP contribution in [0.5, 0.6) is 0 Å². The zero-order valence-electron chi connectivity index (χ0n) is 13.3. The van der Waals surface area contributed by atoms with Gasteiger partial charge in [0.2, 0.25) is 5.82 Å². The monoisotopic (exact) mass is 375 g/mol. The predicted molar refractivity (Wildman–Crippen MR) is 98.2 cm³/mol. The minimum absolute atomic E-state index is 0.408. The van der Waals surface area contributed by atoms with Crippen molar-refractivity contribution in [2.75, 3.05) is 31.2 Å². The number of aromatic nitrogens is 2. The lowest BCUT2D eigenvalue weighted by molar-refractivity contribution is 0.122. The number of halogens is 2. The Morgan fingerprint density at radius 1 is 0.880 bits per heavy atom. The lowest BCUT2D eigenvalue weighted by Crippen LogP contribution is -2.36. The van der Waals surface area contributed by atoms with Gasteiger partial charge in [-0.2, -0.15) is 4.98 Å². The summed E-state index contributed by atoms with van der Waals surface area (Å²) in [5, 5.41) is 5.00. The van der Waals surface area contributed by atoms with Crippen LogP contribution >= 0.6 is 23.2 Å². The number of hydrogen-bond donors (Lipinski definition) is 0. The topological polar surface area (TPSA) is 51.4 Å². The highest BCUT2D eigenvalue weighted by Crippen LogP contribution is 2.29. The molecule has 0 N–H and O–H groups in total. The van der Waals surface area contributed by atoms with E-state index in [1.807, 2.05) is 12.1 Å². The molecule has 1 aliphatic rings. The summed E-state index contributed by atoms with van der Waals surface area (Å²) in [4.78, 5) is 6.75. The molecule has 5 nitrogen and oxygen atoms in total. The van der Waals surface area contributed by atoms with Crippen molar-refractivity contribution in [1.82, 2.24) is 10.1 Å². The molecule has 1 aromatic heterocycles. The SMILES string of the molecule is Clc1ccc(-c2nc(-c3ccc(N4CCOCC4)cc3)no2)cc1Cl. The van der Waals surface area contributed by atoms with Gasteiger partial charge in [0.1, 0.15) is 0 Å². The zero-order valence-corrected chi connectivity index (χ0v) is 14.8. The number of benzene rings is 2. The number of hydrogen-bond acceptors (Lipinski definition) is 5. The molecular weight excluding hydrogens is 361 g/mol. The van der Waals surface area contributed by atoms with Crippen LogP contribution in [0.3, 0.4) is 0 Å². The summed E-state index contributed by atoms with van der Waals surface area (Å²) in [7, 11) is 0. The Balaban J connectivity index is 1.56. The number of rotatable bonds is 3. The van der Waals surface area contributed by atoms with E-state index >= 15 is 0 Å². The van der Waals surface area contributed by atoms with Gasteiger partial charge in [-0.05, 0) is 42.5 Å². The Bertz CT molecular complexity index is 874. The molecule has 128 valence electrons. The van der Waals surface area contributed by atoms with E-state index in [1.165, 1.54) is 5.69 Å². The largest absolute Gasteiger partial charge is 0.378 e. The molecule has 0 spiro atoms. The van der Waals surface area contributed by atoms with Gasteiger partial charge in [0.25, 0.3) is 5.89 Å². The van der Waals surface area contributed by atoms with E-state index in [9.17, 15) is 0 Å². The summed E-state index contributed by atoms with van der Waals surface area (Å²) < 4.78 is 10.7. The molecule has 0 amide bonds. The maximum atomic E-state index is 6.04. The average molecular weight is 376 g/mol. The summed E-state index contributed by atoms with van der Waals surface area (Å²) in [5.74, 6) is 0.945. The van der Waals surface area contributed by atoms with Crippen LogP contribution in [0.15, 0.2) is 47.0 Å². The molecule has 0 atom stereocenters. The predicted octanol–water partition coefficient (Wildman–Crippen LogP) is 4.55. The summed E-state index contributed by atoms with van der Waals surface area (Å²) in [6.45, 7) is 3.34. The lowest BCUT2D eigenvalue weighted by atomic mass is 10.1. The number of anilines is 1. The first-order chi connectivity index (χ1) is 12.2. The third-order valence-corrected chi connectivity index (χ3v) is 4.83. The van der Waals surface area contributed by atoms with Crippen LogP contribution in [0, 0.1) is 0 Å². The van der Waals surface area contributed by atoms with E-state index in [-0.39, 0.29) is 0 Å². The van der Waals surface area contributed by atoms with Gasteiger partial charge >= 0.3 is 0 Å². The van der Waals surface area contributed by atoms with Gasteiger partial charge in [0.05, 0.1) is 23.3 Å². The van der Waals surface area contributed by atoms with Gasteiger partial charge in [-0.3, -0.25) is 0 Å². The zero-order chi connectivity index (χ0) is 17.2. The van der Waals surface area contributed by atoms with Crippen LogP contribution < -0.4 is 4.90 Å². The number of ether oxygens (including phenoxy) is 1. The molecule has 25 heavy (non-hydrogen) atoms. The molecule has 0 aliphatic carbocycles. The molecule has 0 saturated carbocycles. The van der Waals surface area contributed by atoms with Crippen molar-refractivity contribution >= 4 is 28.9 Å². The molecule has 7 heteroatoms. The minimum atomic E-state index is 0.408. The normalized spacial score (nSPS) is 14.7. The molecule has 2 aromatic carbocycles. The van der Waals surface area contributed by atoms with Gasteiger partial charge in [-0.25, -0.2) is 0 Å². The summed E-state index contributed by atoms with van der Waals surface area (Å²) >= 11 is 12.0. The highest BCUT2D eigenvalue weighted by atomic mass is 35.5. The fourth-order valence-corrected chi connectivity index (χ4v) is 3.03. The molecule has 4 rings (SSSR count). The van der Waals surface area contributed by atoms with E-state index in [2.05, 4.69) is 27.2 Å². The second kappa shape index (κ2) is 7.04. The summed E-state index contributed by atoms with van der Waals surface area (Å²) in [6.07, 6.45) is 0. The Morgan fingerprint density at radius 2 is 1.60 bits per heavy atom. The first-order valence-electron chi connectivity index (χ1n) is 7.93. The Morgan fingerprint density at radius 3 is 2.32 bits per heavy atom. The first-order valence-corrected chi connectivity index (χ1v) is 8.68. The fraction of sp³-hybridized carbons (Fsp3) is 0.222. The number of nitrogens with zero attached hydrogens (tertiary/aromatic N) is 3. The maximum Gasteiger partial charge on any atom is 0.258 e. The Kier molecular flexibility index (Phi) is 4.61. The maximum absolute atomic E-state index is 6.04. The van der Waals surface area contributed by atoms with Gasteiger partial charge in [-0.15, -0.1) is 0 Å². The van der Waals surface area contributed by atoms with Crippen molar-refractivity contribution in [1.29, 1.82) is 0 Å². The minimum Gasteiger partial charge on any atom is -0.378 e. The first kappa shape index (κ1) is 16.4. The van der Waals surface area contributed by atoms with Crippen LogP contribution in [0.2, 0.25) is 10.0 Å². The molecule has 1 fully saturated rings. The Labute approximate surface area is 155 Å². The molecule has 0 radical (unpaired) electrons. The average Bonchev–Trinajstić information content (AvgIpc) is 3.15. The lowest BCUT2D eigenvalue weighted by Gasteiger charge is -2.28. The second-order valence-corrected chi connectivity index (χ2v) is 6.51. The van der Waals surface area contributed by atoms with Crippen molar-refractivity contribution < 1.29 is 9.26 Å². The van der Waals surface area contributed by atoms with Crippen molar-refractivity contribution in [3.63, 3.8) is 0 Å². The van der Waals surface area contributed by atoms with Crippen LogP contribution in [0.25, 0.3) is 22.8 Å². The second-order valence-electron chi connectivity index (χ2n) is 5.70. The van der Waals surface area contributed by atoms with Gasteiger partial charge in [0.15, 0.2) is 0 Å². The fourth-order valence-electron chi connectivity index (χ4n) is 2.73. The molecular formula is C18H15Cl2N3O2. The highest BCUT2D eigenvalue weighted by molar-refractivity contribution is 6.42. The van der Waals surface area contributed by atoms with Gasteiger partial charge in [0, 0.05) is 29.9 Å². The van der Waals surface area contributed by atoms with Crippen molar-refractivity contribution in [3.8, 4) is 22.8 Å². The van der Waals surface area contributed by atoms with Crippen molar-refractivity contribution in [3.05, 3.63) is 52.5 Å². The summed E-state index contributed by atoms with van der Waals surface area (Å²) in [6, 6.07) is 13.3. The van der Waals surface area contributed by atoms with Crippen molar-refractivity contribution in [2.45, 2.75) is 0 Å². The van der Waals surface area contributed by atoms with Gasteiger partial charge < -0.3 is 14.2 Å². The molecule has 0 bridgehead atoms. The van der Waals surface area contributed by atoms with E-state index in [4.69, 9.17) is 32.5 Å². The van der Waals surface area contributed by atoms with Crippen LogP contribution in [0.1, 0.15) is 0 Å². The standard InChI is InChI=1S/C18H15Cl2N3O2/c19-15-6-3-13(11-16(15)20)18-21-17(22-25-18)12-1-4-14(5-2-12)23-7-9-24-10-8-23/h1-6,11H,7-10H2. The molecule has 1 saturated heterocycles. The third-order valence-electron chi connectivity index (χ3n) is 4.09. The summed E-state index contributed by atoms with van der Waals surface area (Å²) in [5.41, 5.74) is 2.80. The van der Waals surface area contributed by atoms with E-state index in [0.717, 1.165) is 37.4 Å². The Hall–Kier alpha value is -2.08. The highest BCUT2D eigenvalue weighted by Gasteiger charge is 2.14. The van der Waals surface area contributed by atoms with E-state index in [1.54, 1.807) is 18.2 Å². The van der Waals surface area contributed by atoms with Crippen LogP contribution in [-0.2, 0) is 4.74 Å². The number of morpholine rings is 1. The van der Waals surface area contributed by atoms with Crippen LogP contribution in [-0.4, -0.2) is 36.4 Å². The van der Waals surface area contributed by atoms with E-state index in [0.29, 0.717) is 21.8 Å². The molecule has 3 aromatic rings. The smallest absolute Gasteiger partial charge is 0.258 e. The third kappa shape index (κ3) is 3.49. The molecule has 0 unspecified atom stereocenters. The van der Waals surface area contributed by atoms with Gasteiger partial charge in [-0.1, -0.05) is 28.4 Å². The quantitative estimate of drug-likeness (QED) is 0.672. The van der Waals surface area contributed by atoms with Crippen LogP contribution in [0.4, 0.5) is 5.69 Å².